The Morgan fingerprint density at radius 1 is 1.06 bits per heavy atom. The first kappa shape index (κ1) is 23.5. The molecule has 3 rings (SSSR count). The summed E-state index contributed by atoms with van der Waals surface area (Å²) >= 11 is 6.54. The number of para-hydroxylation sites is 1. The normalized spacial score (nSPS) is 14.8. The number of carbonyl (C=O) groups excluding carboxylic acids is 2. The fraction of sp³-hybridized carbons (Fsp3) is 0.217. The Morgan fingerprint density at radius 2 is 1.78 bits per heavy atom. The molecule has 1 saturated heterocycles. The third-order valence-corrected chi connectivity index (χ3v) is 6.18. The Labute approximate surface area is 195 Å². The Kier molecular flexibility index (Phi) is 8.02. The maximum absolute atomic E-state index is 12.6. The summed E-state index contributed by atoms with van der Waals surface area (Å²) in [7, 11) is 0. The number of rotatable bonds is 9. The van der Waals surface area contributed by atoms with E-state index in [2.05, 4.69) is 5.32 Å². The zero-order valence-corrected chi connectivity index (χ0v) is 18.7. The van der Waals surface area contributed by atoms with E-state index in [1.807, 2.05) is 0 Å². The van der Waals surface area contributed by atoms with Crippen LogP contribution in [0.4, 0.5) is 5.69 Å². The molecular weight excluding hydrogens is 448 g/mol. The van der Waals surface area contributed by atoms with E-state index in [1.54, 1.807) is 47.4 Å². The highest BCUT2D eigenvalue weighted by Crippen LogP contribution is 2.34. The maximum Gasteiger partial charge on any atom is 0.335 e. The van der Waals surface area contributed by atoms with Crippen LogP contribution in [0.3, 0.4) is 0 Å². The Hall–Kier alpha value is -3.17. The zero-order chi connectivity index (χ0) is 23.1. The number of benzene rings is 2. The number of nitrogens with one attached hydrogen (secondary N) is 1. The lowest BCUT2D eigenvalue weighted by molar-refractivity contribution is -0.122. The number of amides is 2. The van der Waals surface area contributed by atoms with Crippen molar-refractivity contribution in [2.24, 2.45) is 0 Å². The van der Waals surface area contributed by atoms with E-state index in [0.717, 1.165) is 6.42 Å². The summed E-state index contributed by atoms with van der Waals surface area (Å²) in [6.07, 6.45) is 4.08. The van der Waals surface area contributed by atoms with E-state index in [-0.39, 0.29) is 23.1 Å². The summed E-state index contributed by atoms with van der Waals surface area (Å²) in [6, 6.07) is 12.8. The number of phenols is 1. The molecule has 0 aliphatic carbocycles. The number of carboxylic acid groups (broad SMARTS) is 1. The molecule has 2 aromatic carbocycles. The summed E-state index contributed by atoms with van der Waals surface area (Å²) in [5, 5.41) is 21.5. The first-order valence-electron chi connectivity index (χ1n) is 10.0. The first-order chi connectivity index (χ1) is 15.3. The number of aromatic hydroxyl groups is 1. The number of hydrogen-bond donors (Lipinski definition) is 3. The quantitative estimate of drug-likeness (QED) is 0.282. The number of anilines is 1. The number of carboxylic acids is 1. The second-order valence-electron chi connectivity index (χ2n) is 7.13. The number of unbranched alkanes of at least 4 members (excludes halogenated alkanes) is 2. The van der Waals surface area contributed by atoms with E-state index in [1.165, 1.54) is 23.9 Å². The molecule has 1 fully saturated rings. The molecular formula is C23H22N2O5S2. The van der Waals surface area contributed by atoms with Gasteiger partial charge in [-0.1, -0.05) is 48.6 Å². The largest absolute Gasteiger partial charge is 0.507 e. The number of hydrogen-bond acceptors (Lipinski definition) is 6. The third kappa shape index (κ3) is 6.18. The molecule has 2 aromatic rings. The average Bonchev–Trinajstić information content (AvgIpc) is 3.02. The van der Waals surface area contributed by atoms with Gasteiger partial charge in [0, 0.05) is 24.2 Å². The molecule has 166 valence electrons. The van der Waals surface area contributed by atoms with Crippen molar-refractivity contribution in [2.45, 2.75) is 25.7 Å². The predicted molar refractivity (Wildman–Crippen MR) is 128 cm³/mol. The number of thiocarbonyl (C=S) groups is 1. The molecule has 0 aromatic heterocycles. The lowest BCUT2D eigenvalue weighted by atomic mass is 10.1. The van der Waals surface area contributed by atoms with Crippen LogP contribution in [0.5, 0.6) is 5.75 Å². The number of aromatic carboxylic acids is 1. The van der Waals surface area contributed by atoms with Crippen LogP contribution in [0.1, 0.15) is 41.6 Å². The van der Waals surface area contributed by atoms with Crippen molar-refractivity contribution in [3.05, 3.63) is 64.6 Å². The van der Waals surface area contributed by atoms with Gasteiger partial charge < -0.3 is 15.5 Å². The van der Waals surface area contributed by atoms with E-state index in [4.69, 9.17) is 17.3 Å². The Bertz CT molecular complexity index is 1070. The summed E-state index contributed by atoms with van der Waals surface area (Å²) < 4.78 is 0.485. The molecule has 0 unspecified atom stereocenters. The number of thioether (sulfide) groups is 1. The van der Waals surface area contributed by atoms with E-state index < -0.39 is 5.97 Å². The molecule has 0 bridgehead atoms. The fourth-order valence-electron chi connectivity index (χ4n) is 3.10. The molecule has 3 N–H and O–H groups in total. The lowest BCUT2D eigenvalue weighted by Gasteiger charge is -2.14. The average molecular weight is 471 g/mol. The molecule has 0 atom stereocenters. The van der Waals surface area contributed by atoms with Gasteiger partial charge in [-0.15, -0.1) is 0 Å². The van der Waals surface area contributed by atoms with Crippen LogP contribution >= 0.6 is 24.0 Å². The maximum atomic E-state index is 12.6. The molecule has 1 aliphatic heterocycles. The van der Waals surface area contributed by atoms with Gasteiger partial charge in [-0.3, -0.25) is 14.5 Å². The minimum Gasteiger partial charge on any atom is -0.507 e. The smallest absolute Gasteiger partial charge is 0.335 e. The Morgan fingerprint density at radius 3 is 2.47 bits per heavy atom. The minimum absolute atomic E-state index is 0.105. The van der Waals surface area contributed by atoms with Crippen LogP contribution < -0.4 is 5.32 Å². The van der Waals surface area contributed by atoms with E-state index >= 15 is 0 Å². The predicted octanol–water partition coefficient (Wildman–Crippen LogP) is 4.49. The molecule has 2 amide bonds. The SMILES string of the molecule is O=C(CCCCCN1C(=O)/C(=C/c2ccccc2O)SC1=S)Nc1ccc(C(=O)O)cc1. The van der Waals surface area contributed by atoms with Gasteiger partial charge in [-0.05, 0) is 49.2 Å². The fourth-order valence-corrected chi connectivity index (χ4v) is 4.39. The van der Waals surface area contributed by atoms with Gasteiger partial charge >= 0.3 is 5.97 Å². The van der Waals surface area contributed by atoms with Crippen molar-refractivity contribution in [1.82, 2.24) is 4.90 Å². The summed E-state index contributed by atoms with van der Waals surface area (Å²) in [4.78, 5) is 37.6. The molecule has 7 nitrogen and oxygen atoms in total. The van der Waals surface area contributed by atoms with Gasteiger partial charge in [0.15, 0.2) is 0 Å². The summed E-state index contributed by atoms with van der Waals surface area (Å²) in [5.41, 5.74) is 1.28. The highest BCUT2D eigenvalue weighted by Gasteiger charge is 2.31. The van der Waals surface area contributed by atoms with Crippen LogP contribution in [0.25, 0.3) is 6.08 Å². The van der Waals surface area contributed by atoms with Crippen molar-refractivity contribution >= 4 is 57.8 Å². The molecule has 1 aliphatic rings. The van der Waals surface area contributed by atoms with Crippen LogP contribution in [0.2, 0.25) is 0 Å². The minimum atomic E-state index is -1.02. The highest BCUT2D eigenvalue weighted by molar-refractivity contribution is 8.26. The van der Waals surface area contributed by atoms with Crippen LogP contribution in [-0.2, 0) is 9.59 Å². The number of phenolic OH excluding ortho intramolecular Hbond substituents is 1. The van der Waals surface area contributed by atoms with Gasteiger partial charge in [-0.25, -0.2) is 4.79 Å². The highest BCUT2D eigenvalue weighted by atomic mass is 32.2. The van der Waals surface area contributed by atoms with Gasteiger partial charge in [0.2, 0.25) is 5.91 Å². The Balaban J connectivity index is 1.41. The van der Waals surface area contributed by atoms with E-state index in [0.29, 0.717) is 46.3 Å². The number of nitrogens with zero attached hydrogens (tertiary/aromatic N) is 1. The van der Waals surface area contributed by atoms with Gasteiger partial charge in [0.1, 0.15) is 10.1 Å². The molecule has 9 heteroatoms. The summed E-state index contributed by atoms with van der Waals surface area (Å²) in [5.74, 6) is -1.23. The molecule has 0 saturated carbocycles. The summed E-state index contributed by atoms with van der Waals surface area (Å²) in [6.45, 7) is 0.473. The van der Waals surface area contributed by atoms with Crippen molar-refractivity contribution in [3.8, 4) is 5.75 Å². The van der Waals surface area contributed by atoms with Gasteiger partial charge in [0.05, 0.1) is 10.5 Å². The first-order valence-corrected chi connectivity index (χ1v) is 11.2. The van der Waals surface area contributed by atoms with E-state index in [9.17, 15) is 19.5 Å². The molecule has 1 heterocycles. The topological polar surface area (TPSA) is 107 Å². The lowest BCUT2D eigenvalue weighted by Crippen LogP contribution is -2.29. The van der Waals surface area contributed by atoms with Crippen molar-refractivity contribution < 1.29 is 24.6 Å². The molecule has 0 spiro atoms. The van der Waals surface area contributed by atoms with Crippen LogP contribution in [-0.4, -0.2) is 43.8 Å². The van der Waals surface area contributed by atoms with Gasteiger partial charge in [-0.2, -0.15) is 0 Å². The standard InChI is InChI=1S/C23H22N2O5S2/c26-18-7-4-3-6-16(18)14-19-21(28)25(23(31)32-19)13-5-1-2-8-20(27)24-17-11-9-15(10-12-17)22(29)30/h3-4,6-7,9-12,14,26H,1-2,5,8,13H2,(H,24,27)(H,29,30)/b19-14-. The van der Waals surface area contributed by atoms with Crippen molar-refractivity contribution in [3.63, 3.8) is 0 Å². The monoisotopic (exact) mass is 470 g/mol. The molecule has 32 heavy (non-hydrogen) atoms. The van der Waals surface area contributed by atoms with Gasteiger partial charge in [0.25, 0.3) is 5.91 Å². The molecule has 0 radical (unpaired) electrons. The van der Waals surface area contributed by atoms with Crippen molar-refractivity contribution in [2.75, 3.05) is 11.9 Å². The van der Waals surface area contributed by atoms with Crippen LogP contribution in [0.15, 0.2) is 53.4 Å². The second-order valence-corrected chi connectivity index (χ2v) is 8.81. The van der Waals surface area contributed by atoms with Crippen molar-refractivity contribution in [1.29, 1.82) is 0 Å². The third-order valence-electron chi connectivity index (χ3n) is 4.80. The second kappa shape index (κ2) is 10.9. The zero-order valence-electron chi connectivity index (χ0n) is 17.1. The number of carbonyl (C=O) groups is 3. The van der Waals surface area contributed by atoms with Crippen LogP contribution in [0, 0.1) is 0 Å².